The third kappa shape index (κ3) is 10.2. The minimum atomic E-state index is -0.464. The van der Waals surface area contributed by atoms with Crippen molar-refractivity contribution >= 4 is 34.4 Å². The largest absolute Gasteiger partial charge is 0.397 e. The Hall–Kier alpha value is -6.58. The van der Waals surface area contributed by atoms with Crippen LogP contribution in [0.25, 0.3) is 10.8 Å². The molecule has 4 amide bonds. The van der Waals surface area contributed by atoms with Gasteiger partial charge in [0.25, 0.3) is 23.6 Å². The zero-order valence-corrected chi connectivity index (χ0v) is 33.7. The normalized spacial score (nSPS) is 13.0. The van der Waals surface area contributed by atoms with Gasteiger partial charge in [0.05, 0.1) is 22.8 Å². The first kappa shape index (κ1) is 43.0. The van der Waals surface area contributed by atoms with E-state index in [-0.39, 0.29) is 48.6 Å². The van der Waals surface area contributed by atoms with E-state index in [2.05, 4.69) is 29.7 Å². The van der Waals surface area contributed by atoms with Crippen LogP contribution in [0.1, 0.15) is 78.1 Å². The lowest BCUT2D eigenvalue weighted by atomic mass is 9.86. The quantitative estimate of drug-likeness (QED) is 0.141. The van der Waals surface area contributed by atoms with Crippen molar-refractivity contribution < 1.29 is 29.4 Å². The molecule has 2 aliphatic rings. The first-order valence-corrected chi connectivity index (χ1v) is 19.9. The lowest BCUT2D eigenvalue weighted by Crippen LogP contribution is -2.46. The number of carbonyl (C=O) groups is 4. The molecule has 0 bridgehead atoms. The van der Waals surface area contributed by atoms with Gasteiger partial charge in [0, 0.05) is 123 Å². The maximum Gasteiger partial charge on any atom is 0.261 e. The van der Waals surface area contributed by atoms with Crippen molar-refractivity contribution in [3.8, 4) is 0 Å². The summed E-state index contributed by atoms with van der Waals surface area (Å²) in [5, 5.41) is 15.8. The molecule has 0 aliphatic carbocycles. The third-order valence-electron chi connectivity index (χ3n) is 9.79. The Morgan fingerprint density at radius 1 is 0.433 bits per heavy atom. The molecule has 0 fully saturated rings. The van der Waals surface area contributed by atoms with Crippen molar-refractivity contribution in [2.45, 2.75) is 40.0 Å². The van der Waals surface area contributed by atoms with Gasteiger partial charge in [-0.1, -0.05) is 24.3 Å². The van der Waals surface area contributed by atoms with E-state index in [1.807, 2.05) is 72.8 Å². The van der Waals surface area contributed by atoms with E-state index >= 15 is 0 Å². The number of pyridine rings is 4. The van der Waals surface area contributed by atoms with Gasteiger partial charge in [-0.15, -0.1) is 0 Å². The standard InChI is InChI=1S/C42H36N8O4.2C2H6O/c51-39-33-13-15-35-38-36(42(54)50(41(35)53)24-22-48(27-31-11-3-7-19-45-31)28-32-12-4-8-20-46-32)16-14-34(37(33)38)40(52)49(39)23-21-47(25-29-9-1-5-17-43-29)26-30-10-2-6-18-44-30;2*1-2-3/h1-20H,21-28H2;2*3H,2H2,1H3. The zero-order chi connectivity index (χ0) is 42.4. The highest BCUT2D eigenvalue weighted by Crippen LogP contribution is 2.38. The Bertz CT molecular complexity index is 2070. The number of hydrogen-bond donors (Lipinski definition) is 2. The molecule has 0 spiro atoms. The molecule has 0 unspecified atom stereocenters. The molecule has 6 heterocycles. The highest BCUT2D eigenvalue weighted by Gasteiger charge is 2.39. The summed E-state index contributed by atoms with van der Waals surface area (Å²) >= 11 is 0. The summed E-state index contributed by atoms with van der Waals surface area (Å²) in [5.74, 6) is -1.86. The molecule has 14 nitrogen and oxygen atoms in total. The number of aliphatic hydroxyl groups excluding tert-OH is 2. The fraction of sp³-hybridized carbons (Fsp3) is 0.261. The van der Waals surface area contributed by atoms with Crippen LogP contribution in [0.5, 0.6) is 0 Å². The molecule has 14 heteroatoms. The molecule has 2 aromatic carbocycles. The van der Waals surface area contributed by atoms with Crippen LogP contribution in [0.3, 0.4) is 0 Å². The minimum absolute atomic E-state index is 0.126. The van der Waals surface area contributed by atoms with Gasteiger partial charge in [0.2, 0.25) is 0 Å². The second-order valence-electron chi connectivity index (χ2n) is 13.9. The van der Waals surface area contributed by atoms with Crippen LogP contribution in [0.15, 0.2) is 122 Å². The Morgan fingerprint density at radius 3 is 0.900 bits per heavy atom. The molecule has 0 saturated heterocycles. The van der Waals surface area contributed by atoms with Gasteiger partial charge in [0.15, 0.2) is 0 Å². The summed E-state index contributed by atoms with van der Waals surface area (Å²) in [7, 11) is 0. The smallest absolute Gasteiger partial charge is 0.261 e. The van der Waals surface area contributed by atoms with Crippen molar-refractivity contribution in [1.82, 2.24) is 39.5 Å². The molecule has 308 valence electrons. The minimum Gasteiger partial charge on any atom is -0.397 e. The summed E-state index contributed by atoms with van der Waals surface area (Å²) in [6, 6.07) is 29.3. The molecular weight excluding hydrogens is 761 g/mol. The summed E-state index contributed by atoms with van der Waals surface area (Å²) in [4.78, 5) is 80.7. The molecule has 6 aromatic rings. The molecule has 2 N–H and O–H groups in total. The second-order valence-corrected chi connectivity index (χ2v) is 13.9. The fourth-order valence-electron chi connectivity index (χ4n) is 7.17. The van der Waals surface area contributed by atoms with Crippen LogP contribution in [0.2, 0.25) is 0 Å². The van der Waals surface area contributed by atoms with Gasteiger partial charge in [-0.3, -0.25) is 58.7 Å². The van der Waals surface area contributed by atoms with Crippen LogP contribution in [-0.4, -0.2) is 113 Å². The second kappa shape index (κ2) is 20.9. The zero-order valence-electron chi connectivity index (χ0n) is 33.7. The van der Waals surface area contributed by atoms with E-state index in [0.717, 1.165) is 22.8 Å². The van der Waals surface area contributed by atoms with Crippen LogP contribution in [-0.2, 0) is 26.2 Å². The number of carbonyl (C=O) groups excluding carboxylic acids is 4. The number of nitrogens with zero attached hydrogens (tertiary/aromatic N) is 8. The maximum absolute atomic E-state index is 14.0. The van der Waals surface area contributed by atoms with Crippen LogP contribution in [0.4, 0.5) is 0 Å². The number of aliphatic hydroxyl groups is 2. The predicted molar refractivity (Wildman–Crippen MR) is 225 cm³/mol. The number of aromatic nitrogens is 4. The van der Waals surface area contributed by atoms with Crippen LogP contribution < -0.4 is 0 Å². The highest BCUT2D eigenvalue weighted by molar-refractivity contribution is 6.33. The Balaban J connectivity index is 0.000000951. The molecule has 0 atom stereocenters. The van der Waals surface area contributed by atoms with Crippen molar-refractivity contribution in [2.75, 3.05) is 39.4 Å². The molecule has 4 aromatic heterocycles. The summed E-state index contributed by atoms with van der Waals surface area (Å²) in [6.45, 7) is 6.86. The molecule has 60 heavy (non-hydrogen) atoms. The number of amides is 4. The van der Waals surface area contributed by atoms with Gasteiger partial charge < -0.3 is 10.2 Å². The van der Waals surface area contributed by atoms with E-state index in [9.17, 15) is 19.2 Å². The maximum atomic E-state index is 14.0. The number of hydrogen-bond acceptors (Lipinski definition) is 12. The first-order chi connectivity index (χ1) is 29.3. The van der Waals surface area contributed by atoms with E-state index < -0.39 is 23.6 Å². The molecule has 0 radical (unpaired) electrons. The van der Waals surface area contributed by atoms with Crippen LogP contribution in [0, 0.1) is 0 Å². The van der Waals surface area contributed by atoms with Crippen molar-refractivity contribution in [2.24, 2.45) is 0 Å². The molecule has 0 saturated carbocycles. The van der Waals surface area contributed by atoms with Crippen molar-refractivity contribution in [3.05, 3.63) is 167 Å². The average molecular weight is 809 g/mol. The lowest BCUT2D eigenvalue weighted by Gasteiger charge is -2.33. The molecule has 2 aliphatic heterocycles. The Kier molecular flexibility index (Phi) is 15.0. The highest BCUT2D eigenvalue weighted by atomic mass is 16.3. The first-order valence-electron chi connectivity index (χ1n) is 19.9. The predicted octanol–water partition coefficient (Wildman–Crippen LogP) is 5.01. The van der Waals surface area contributed by atoms with Gasteiger partial charge in [-0.25, -0.2) is 0 Å². The van der Waals surface area contributed by atoms with Crippen LogP contribution >= 0.6 is 0 Å². The topological polar surface area (TPSA) is 173 Å². The summed E-state index contributed by atoms with van der Waals surface area (Å²) in [5.41, 5.74) is 4.57. The Labute approximate surface area is 348 Å². The average Bonchev–Trinajstić information content (AvgIpc) is 3.26. The van der Waals surface area contributed by atoms with Gasteiger partial charge in [-0.05, 0) is 86.6 Å². The monoisotopic (exact) mass is 808 g/mol. The number of imide groups is 2. The molecular formula is C46H48N8O6. The number of rotatable bonds is 14. The summed E-state index contributed by atoms with van der Waals surface area (Å²) in [6.07, 6.45) is 6.94. The van der Waals surface area contributed by atoms with E-state index in [4.69, 9.17) is 10.2 Å². The third-order valence-corrected chi connectivity index (χ3v) is 9.79. The Morgan fingerprint density at radius 2 is 0.683 bits per heavy atom. The lowest BCUT2D eigenvalue weighted by molar-refractivity contribution is 0.0567. The number of benzene rings is 2. The van der Waals surface area contributed by atoms with Gasteiger partial charge in [-0.2, -0.15) is 0 Å². The van der Waals surface area contributed by atoms with E-state index in [0.29, 0.717) is 50.0 Å². The van der Waals surface area contributed by atoms with E-state index in [1.165, 1.54) is 9.80 Å². The van der Waals surface area contributed by atoms with Crippen molar-refractivity contribution in [3.63, 3.8) is 0 Å². The SMILES string of the molecule is CCO.CCO.O=C1c2ccc3c4c(ccc(c24)C(=O)N1CCN(Cc1ccccn1)Cc1ccccn1)C(=O)N(CCN(Cc1ccccn1)Cc1ccccn1)C3=O. The fourth-order valence-corrected chi connectivity index (χ4v) is 7.17. The van der Waals surface area contributed by atoms with Gasteiger partial charge >= 0.3 is 0 Å². The van der Waals surface area contributed by atoms with Gasteiger partial charge in [0.1, 0.15) is 0 Å². The molecule has 8 rings (SSSR count). The van der Waals surface area contributed by atoms with Crippen molar-refractivity contribution in [1.29, 1.82) is 0 Å². The summed E-state index contributed by atoms with van der Waals surface area (Å²) < 4.78 is 0. The van der Waals surface area contributed by atoms with E-state index in [1.54, 1.807) is 62.9 Å².